The third-order valence-corrected chi connectivity index (χ3v) is 5.27. The second-order valence-electron chi connectivity index (χ2n) is 4.20. The van der Waals surface area contributed by atoms with Gasteiger partial charge in [-0.1, -0.05) is 11.3 Å². The largest absolute Gasteiger partial charge is 0.478 e. The van der Waals surface area contributed by atoms with E-state index in [2.05, 4.69) is 9.71 Å². The van der Waals surface area contributed by atoms with Gasteiger partial charge in [0.15, 0.2) is 5.13 Å². The maximum Gasteiger partial charge on any atom is 0.335 e. The zero-order valence-corrected chi connectivity index (χ0v) is 11.9. The Labute approximate surface area is 114 Å². The van der Waals surface area contributed by atoms with E-state index in [1.54, 1.807) is 19.9 Å². The van der Waals surface area contributed by atoms with Crippen LogP contribution in [-0.4, -0.2) is 29.7 Å². The molecule has 2 aromatic rings. The van der Waals surface area contributed by atoms with Crippen molar-refractivity contribution in [3.05, 3.63) is 23.8 Å². The highest BCUT2D eigenvalue weighted by Gasteiger charge is 2.18. The first-order valence-corrected chi connectivity index (χ1v) is 7.81. The van der Waals surface area contributed by atoms with Crippen LogP contribution in [0.3, 0.4) is 0 Å². The van der Waals surface area contributed by atoms with Gasteiger partial charge in [0.2, 0.25) is 10.0 Å². The number of nitrogens with one attached hydrogen (secondary N) is 1. The second kappa shape index (κ2) is 4.78. The number of hydrogen-bond acceptors (Lipinski definition) is 5. The minimum atomic E-state index is -3.44. The Kier molecular flexibility index (Phi) is 3.46. The van der Waals surface area contributed by atoms with Crippen molar-refractivity contribution in [2.75, 3.05) is 4.72 Å². The van der Waals surface area contributed by atoms with E-state index in [9.17, 15) is 13.2 Å². The molecule has 0 bridgehead atoms. The molecular weight excluding hydrogens is 288 g/mol. The number of hydrogen-bond donors (Lipinski definition) is 2. The Morgan fingerprint density at radius 3 is 2.68 bits per heavy atom. The Bertz CT molecular complexity index is 734. The minimum absolute atomic E-state index is 0.148. The third kappa shape index (κ3) is 2.85. The third-order valence-electron chi connectivity index (χ3n) is 2.49. The average molecular weight is 300 g/mol. The number of aromatic nitrogens is 1. The highest BCUT2D eigenvalue weighted by atomic mass is 32.2. The Morgan fingerprint density at radius 1 is 1.42 bits per heavy atom. The van der Waals surface area contributed by atoms with Crippen LogP contribution in [0.4, 0.5) is 5.13 Å². The fraction of sp³-hybridized carbons (Fsp3) is 0.273. The number of anilines is 1. The predicted octanol–water partition coefficient (Wildman–Crippen LogP) is 2.14. The van der Waals surface area contributed by atoms with Crippen molar-refractivity contribution in [3.63, 3.8) is 0 Å². The molecule has 0 aliphatic carbocycles. The Balaban J connectivity index is 2.40. The first-order chi connectivity index (χ1) is 8.79. The lowest BCUT2D eigenvalue weighted by Gasteiger charge is -2.06. The lowest BCUT2D eigenvalue weighted by molar-refractivity contribution is 0.0697. The molecule has 2 rings (SSSR count). The first kappa shape index (κ1) is 13.8. The summed E-state index contributed by atoms with van der Waals surface area (Å²) in [5.74, 6) is -1.03. The van der Waals surface area contributed by atoms with Crippen molar-refractivity contribution in [2.45, 2.75) is 19.1 Å². The van der Waals surface area contributed by atoms with Crippen molar-refractivity contribution in [3.8, 4) is 0 Å². The summed E-state index contributed by atoms with van der Waals surface area (Å²) in [6, 6.07) is 4.47. The number of fused-ring (bicyclic) bond motifs is 1. The molecule has 0 amide bonds. The summed E-state index contributed by atoms with van der Waals surface area (Å²) in [5.41, 5.74) is 0.714. The van der Waals surface area contributed by atoms with E-state index in [1.807, 2.05) is 0 Å². The SMILES string of the molecule is CC(C)S(=O)(=O)Nc1nc2ccc(C(=O)O)cc2s1. The van der Waals surface area contributed by atoms with Gasteiger partial charge >= 0.3 is 5.97 Å². The van der Waals surface area contributed by atoms with Crippen molar-refractivity contribution in [2.24, 2.45) is 0 Å². The number of carbonyl (C=O) groups is 1. The van der Waals surface area contributed by atoms with Gasteiger partial charge in [-0.2, -0.15) is 0 Å². The van der Waals surface area contributed by atoms with Crippen LogP contribution in [0.25, 0.3) is 10.2 Å². The number of benzene rings is 1. The summed E-state index contributed by atoms with van der Waals surface area (Å²) in [4.78, 5) is 15.0. The van der Waals surface area contributed by atoms with Gasteiger partial charge in [-0.05, 0) is 32.0 Å². The standard InChI is InChI=1S/C11H12N2O4S2/c1-6(2)19(16,17)13-11-12-8-4-3-7(10(14)15)5-9(8)18-11/h3-6H,1-2H3,(H,12,13)(H,14,15). The van der Waals surface area contributed by atoms with E-state index in [4.69, 9.17) is 5.11 Å². The highest BCUT2D eigenvalue weighted by Crippen LogP contribution is 2.27. The highest BCUT2D eigenvalue weighted by molar-refractivity contribution is 7.93. The van der Waals surface area contributed by atoms with Gasteiger partial charge in [-0.25, -0.2) is 18.2 Å². The van der Waals surface area contributed by atoms with Crippen LogP contribution in [0.5, 0.6) is 0 Å². The van der Waals surface area contributed by atoms with E-state index >= 15 is 0 Å². The van der Waals surface area contributed by atoms with E-state index in [0.29, 0.717) is 10.2 Å². The molecule has 1 aromatic carbocycles. The molecule has 0 fully saturated rings. The molecule has 1 aromatic heterocycles. The van der Waals surface area contributed by atoms with Crippen LogP contribution < -0.4 is 4.72 Å². The fourth-order valence-electron chi connectivity index (χ4n) is 1.34. The summed E-state index contributed by atoms with van der Waals surface area (Å²) in [6.45, 7) is 3.14. The summed E-state index contributed by atoms with van der Waals surface area (Å²) in [6.07, 6.45) is 0. The number of nitrogens with zero attached hydrogens (tertiary/aromatic N) is 1. The molecule has 8 heteroatoms. The zero-order valence-electron chi connectivity index (χ0n) is 10.2. The smallest absolute Gasteiger partial charge is 0.335 e. The molecule has 0 aliphatic heterocycles. The molecule has 0 spiro atoms. The van der Waals surface area contributed by atoms with Gasteiger partial charge in [0.25, 0.3) is 0 Å². The quantitative estimate of drug-likeness (QED) is 0.901. The molecule has 102 valence electrons. The van der Waals surface area contributed by atoms with Crippen LogP contribution in [0.2, 0.25) is 0 Å². The van der Waals surface area contributed by atoms with E-state index in [-0.39, 0.29) is 10.7 Å². The number of carboxylic acid groups (broad SMARTS) is 1. The van der Waals surface area contributed by atoms with Crippen LogP contribution in [0.15, 0.2) is 18.2 Å². The summed E-state index contributed by atoms with van der Waals surface area (Å²) in [7, 11) is -3.44. The first-order valence-electron chi connectivity index (χ1n) is 5.45. The topological polar surface area (TPSA) is 96.4 Å². The van der Waals surface area contributed by atoms with Crippen molar-refractivity contribution in [1.29, 1.82) is 0 Å². The molecule has 0 saturated heterocycles. The van der Waals surface area contributed by atoms with Gasteiger partial charge in [0.05, 0.1) is 21.0 Å². The monoisotopic (exact) mass is 300 g/mol. The Hall–Kier alpha value is -1.67. The maximum absolute atomic E-state index is 11.7. The summed E-state index contributed by atoms with van der Waals surface area (Å²) >= 11 is 1.11. The van der Waals surface area contributed by atoms with E-state index in [1.165, 1.54) is 12.1 Å². The van der Waals surface area contributed by atoms with Crippen molar-refractivity contribution >= 4 is 42.7 Å². The zero-order chi connectivity index (χ0) is 14.2. The van der Waals surface area contributed by atoms with Gasteiger partial charge < -0.3 is 5.11 Å². The fourth-order valence-corrected chi connectivity index (χ4v) is 3.14. The number of rotatable bonds is 4. The molecule has 0 unspecified atom stereocenters. The molecule has 0 atom stereocenters. The van der Waals surface area contributed by atoms with E-state index in [0.717, 1.165) is 11.3 Å². The summed E-state index contributed by atoms with van der Waals surface area (Å²) in [5, 5.41) is 8.56. The predicted molar refractivity (Wildman–Crippen MR) is 74.3 cm³/mol. The van der Waals surface area contributed by atoms with Gasteiger partial charge in [-0.3, -0.25) is 4.72 Å². The molecular formula is C11H12N2O4S2. The lowest BCUT2D eigenvalue weighted by Crippen LogP contribution is -2.22. The lowest BCUT2D eigenvalue weighted by atomic mass is 10.2. The molecule has 0 saturated carbocycles. The van der Waals surface area contributed by atoms with Gasteiger partial charge in [0, 0.05) is 0 Å². The second-order valence-corrected chi connectivity index (χ2v) is 7.47. The number of carboxylic acids is 1. The van der Waals surface area contributed by atoms with E-state index < -0.39 is 21.2 Å². The van der Waals surface area contributed by atoms with Crippen molar-refractivity contribution in [1.82, 2.24) is 4.98 Å². The number of sulfonamides is 1. The average Bonchev–Trinajstić information content (AvgIpc) is 2.68. The van der Waals surface area contributed by atoms with Crippen LogP contribution in [-0.2, 0) is 10.0 Å². The molecule has 1 heterocycles. The van der Waals surface area contributed by atoms with Gasteiger partial charge in [-0.15, -0.1) is 0 Å². The van der Waals surface area contributed by atoms with Crippen LogP contribution >= 0.6 is 11.3 Å². The maximum atomic E-state index is 11.7. The molecule has 2 N–H and O–H groups in total. The molecule has 0 radical (unpaired) electrons. The molecule has 6 nitrogen and oxygen atoms in total. The van der Waals surface area contributed by atoms with Crippen LogP contribution in [0, 0.1) is 0 Å². The van der Waals surface area contributed by atoms with Crippen LogP contribution in [0.1, 0.15) is 24.2 Å². The Morgan fingerprint density at radius 2 is 2.11 bits per heavy atom. The number of thiazole rings is 1. The minimum Gasteiger partial charge on any atom is -0.478 e. The number of aromatic carboxylic acids is 1. The van der Waals surface area contributed by atoms with Crippen molar-refractivity contribution < 1.29 is 18.3 Å². The normalized spacial score (nSPS) is 11.9. The summed E-state index contributed by atoms with van der Waals surface area (Å²) < 4.78 is 26.4. The van der Waals surface area contributed by atoms with Gasteiger partial charge in [0.1, 0.15) is 0 Å². The molecule has 19 heavy (non-hydrogen) atoms. The molecule has 0 aliphatic rings.